The third kappa shape index (κ3) is 5.30. The summed E-state index contributed by atoms with van der Waals surface area (Å²) < 4.78 is 41.3. The number of carbonyl (C=O) groups is 2. The average molecular weight is 462 g/mol. The zero-order chi connectivity index (χ0) is 21.2. The number of benzene rings is 1. The van der Waals surface area contributed by atoms with Gasteiger partial charge in [0.25, 0.3) is 5.91 Å². The van der Waals surface area contributed by atoms with Gasteiger partial charge in [-0.2, -0.15) is 0 Å². The summed E-state index contributed by atoms with van der Waals surface area (Å²) in [6.45, 7) is 1.55. The molecule has 1 amide bonds. The lowest BCUT2D eigenvalue weighted by atomic mass is 9.90. The van der Waals surface area contributed by atoms with E-state index in [9.17, 15) is 22.8 Å². The van der Waals surface area contributed by atoms with Gasteiger partial charge >= 0.3 is 0 Å². The maximum absolute atomic E-state index is 13.8. The Kier molecular flexibility index (Phi) is 7.85. The van der Waals surface area contributed by atoms with Gasteiger partial charge in [0.1, 0.15) is 34.5 Å². The van der Waals surface area contributed by atoms with Crippen LogP contribution in [0.3, 0.4) is 0 Å². The van der Waals surface area contributed by atoms with E-state index in [1.54, 1.807) is 0 Å². The van der Waals surface area contributed by atoms with Crippen LogP contribution in [-0.2, 0) is 0 Å². The molecule has 0 unspecified atom stereocenters. The summed E-state index contributed by atoms with van der Waals surface area (Å²) in [4.78, 5) is 29.1. The number of Topliss-reactive ketones (excluding diaryl/α,β-unsaturated/α-hetero) is 1. The van der Waals surface area contributed by atoms with Gasteiger partial charge in [0.2, 0.25) is 0 Å². The van der Waals surface area contributed by atoms with Gasteiger partial charge in [0.15, 0.2) is 11.8 Å². The van der Waals surface area contributed by atoms with E-state index in [0.29, 0.717) is 35.5 Å². The first-order valence-electron chi connectivity index (χ1n) is 9.09. The van der Waals surface area contributed by atoms with Gasteiger partial charge in [-0.05, 0) is 12.1 Å². The van der Waals surface area contributed by atoms with Crippen LogP contribution in [0.2, 0.25) is 0 Å². The minimum Gasteiger partial charge on any atom is -1.00 e. The molecule has 1 fully saturated rings. The molecule has 1 saturated heterocycles. The summed E-state index contributed by atoms with van der Waals surface area (Å²) in [5.41, 5.74) is -0.759. The topological polar surface area (TPSA) is 59.1 Å². The molecule has 2 aromatic rings. The van der Waals surface area contributed by atoms with E-state index in [1.165, 1.54) is 18.2 Å². The smallest absolute Gasteiger partial charge is 0.262 e. The van der Waals surface area contributed by atoms with Gasteiger partial charge in [-0.3, -0.25) is 9.59 Å². The lowest BCUT2D eigenvalue weighted by molar-refractivity contribution is -0.904. The zero-order valence-corrected chi connectivity index (χ0v) is 17.6. The monoisotopic (exact) mass is 461 g/mol. The highest BCUT2D eigenvalue weighted by Crippen LogP contribution is 2.26. The number of nitrogens with zero attached hydrogens (tertiary/aromatic N) is 2. The molecule has 5 nitrogen and oxygen atoms in total. The molecule has 1 aromatic heterocycles. The van der Waals surface area contributed by atoms with Crippen molar-refractivity contribution in [1.82, 2.24) is 4.98 Å². The molecule has 2 heterocycles. The second-order valence-corrected chi connectivity index (χ2v) is 7.67. The Bertz CT molecular complexity index is 928. The van der Waals surface area contributed by atoms with E-state index in [2.05, 4.69) is 10.3 Å². The van der Waals surface area contributed by atoms with Crippen LogP contribution in [0.5, 0.6) is 0 Å². The summed E-state index contributed by atoms with van der Waals surface area (Å²) >= 11 is 5.98. The van der Waals surface area contributed by atoms with Crippen molar-refractivity contribution in [1.29, 1.82) is 0 Å². The fraction of sp³-hybridized carbons (Fsp3) is 0.350. The second-order valence-electron chi connectivity index (χ2n) is 7.43. The van der Waals surface area contributed by atoms with Crippen molar-refractivity contribution in [3.63, 3.8) is 0 Å². The standard InChI is InChI=1S/C20H19ClF3N3O2.ClH/c1-27(11-21)7-5-12(6-8-27)19(28)16-3-2-4-17(25-16)26-20(29)18-14(23)9-13(22)10-15(18)24;/h2-4,9-10,12H,5-8,11H2,1H3;1H. The number of anilines is 1. The number of rotatable bonds is 5. The van der Waals surface area contributed by atoms with Gasteiger partial charge in [-0.15, -0.1) is 0 Å². The van der Waals surface area contributed by atoms with E-state index in [1.807, 2.05) is 7.05 Å². The van der Waals surface area contributed by atoms with Gasteiger partial charge in [0, 0.05) is 30.9 Å². The number of nitrogens with one attached hydrogen (secondary N) is 1. The molecule has 0 bridgehead atoms. The van der Waals surface area contributed by atoms with Crippen molar-refractivity contribution in [2.75, 3.05) is 31.5 Å². The van der Waals surface area contributed by atoms with Crippen LogP contribution in [0.4, 0.5) is 19.0 Å². The fourth-order valence-electron chi connectivity index (χ4n) is 3.36. The number of carbonyl (C=O) groups excluding carboxylic acids is 2. The highest BCUT2D eigenvalue weighted by Gasteiger charge is 2.33. The molecule has 1 N–H and O–H groups in total. The molecule has 0 atom stereocenters. The molecule has 0 spiro atoms. The first-order chi connectivity index (χ1) is 13.7. The molecule has 0 aliphatic carbocycles. The van der Waals surface area contributed by atoms with Crippen LogP contribution in [-0.4, -0.2) is 47.3 Å². The molecule has 1 aliphatic heterocycles. The molecular formula is C20H20Cl2F3N3O2. The van der Waals surface area contributed by atoms with E-state index in [0.717, 1.165) is 13.1 Å². The van der Waals surface area contributed by atoms with Crippen molar-refractivity contribution in [2.24, 2.45) is 5.92 Å². The lowest BCUT2D eigenvalue weighted by Crippen LogP contribution is -3.00. The third-order valence-corrected chi connectivity index (χ3v) is 5.75. The number of ketones is 1. The molecule has 10 heteroatoms. The minimum atomic E-state index is -1.32. The summed E-state index contributed by atoms with van der Waals surface area (Å²) in [6.07, 6.45) is 1.35. The number of pyridine rings is 1. The highest BCUT2D eigenvalue weighted by molar-refractivity contribution is 6.17. The summed E-state index contributed by atoms with van der Waals surface area (Å²) in [5, 5.41) is 2.25. The number of hydrogen-bond acceptors (Lipinski definition) is 3. The van der Waals surface area contributed by atoms with Crippen LogP contribution in [0.15, 0.2) is 30.3 Å². The average Bonchev–Trinajstić information content (AvgIpc) is 2.67. The Balaban J connectivity index is 0.00000320. The molecule has 1 aliphatic rings. The minimum absolute atomic E-state index is 0. The number of amides is 1. The number of halogens is 5. The van der Waals surface area contributed by atoms with Gasteiger partial charge in [0.05, 0.1) is 20.1 Å². The predicted octanol–water partition coefficient (Wildman–Crippen LogP) is 0.991. The number of alkyl halides is 1. The molecule has 3 rings (SSSR count). The third-order valence-electron chi connectivity index (χ3n) is 5.17. The maximum atomic E-state index is 13.8. The first-order valence-corrected chi connectivity index (χ1v) is 9.62. The normalized spacial score (nSPS) is 20.9. The Hall–Kier alpha value is -2.16. The molecule has 30 heavy (non-hydrogen) atoms. The summed E-state index contributed by atoms with van der Waals surface area (Å²) in [6, 6.07) is 5.77. The van der Waals surface area contributed by atoms with E-state index >= 15 is 0 Å². The Labute approximate surface area is 183 Å². The SMILES string of the molecule is C[N+]1(CCl)CCC(C(=O)c2cccc(NC(=O)c3c(F)cc(F)cc3F)n2)CC1.[Cl-]. The molecular weight excluding hydrogens is 442 g/mol. The first kappa shape index (κ1) is 24.1. The van der Waals surface area contributed by atoms with E-state index in [-0.39, 0.29) is 35.6 Å². The quantitative estimate of drug-likeness (QED) is 0.312. The van der Waals surface area contributed by atoms with Crippen molar-refractivity contribution in [3.8, 4) is 0 Å². The highest BCUT2D eigenvalue weighted by atomic mass is 35.5. The zero-order valence-electron chi connectivity index (χ0n) is 16.1. The van der Waals surface area contributed by atoms with Gasteiger partial charge in [-0.25, -0.2) is 18.2 Å². The van der Waals surface area contributed by atoms with Crippen LogP contribution in [0, 0.1) is 23.4 Å². The Morgan fingerprint density at radius 3 is 2.33 bits per heavy atom. The summed E-state index contributed by atoms with van der Waals surface area (Å²) in [5.74, 6) is -5.27. The van der Waals surface area contributed by atoms with E-state index < -0.39 is 28.9 Å². The largest absolute Gasteiger partial charge is 1.00 e. The van der Waals surface area contributed by atoms with Crippen LogP contribution in [0.25, 0.3) is 0 Å². The molecule has 0 saturated carbocycles. The molecule has 0 radical (unpaired) electrons. The molecule has 1 aromatic carbocycles. The van der Waals surface area contributed by atoms with Crippen LogP contribution >= 0.6 is 11.6 Å². The van der Waals surface area contributed by atoms with Gasteiger partial charge < -0.3 is 22.2 Å². The van der Waals surface area contributed by atoms with Crippen molar-refractivity contribution >= 4 is 29.1 Å². The number of hydrogen-bond donors (Lipinski definition) is 1. The van der Waals surface area contributed by atoms with Crippen LogP contribution in [0.1, 0.15) is 33.7 Å². The predicted molar refractivity (Wildman–Crippen MR) is 102 cm³/mol. The maximum Gasteiger partial charge on any atom is 0.262 e. The molecule has 162 valence electrons. The Morgan fingerprint density at radius 1 is 1.17 bits per heavy atom. The lowest BCUT2D eigenvalue weighted by Gasteiger charge is -2.38. The van der Waals surface area contributed by atoms with Crippen molar-refractivity contribution in [3.05, 3.63) is 59.0 Å². The van der Waals surface area contributed by atoms with E-state index in [4.69, 9.17) is 11.6 Å². The number of piperidine rings is 1. The number of aromatic nitrogens is 1. The Morgan fingerprint density at radius 2 is 1.77 bits per heavy atom. The van der Waals surface area contributed by atoms with Crippen molar-refractivity contribution < 1.29 is 39.7 Å². The van der Waals surface area contributed by atoms with Crippen LogP contribution < -0.4 is 17.7 Å². The summed E-state index contributed by atoms with van der Waals surface area (Å²) in [7, 11) is 2.04. The second kappa shape index (κ2) is 9.76. The number of likely N-dealkylation sites (tertiary alicyclic amines) is 1. The fourth-order valence-corrected chi connectivity index (χ4v) is 3.60. The number of quaternary nitrogens is 1. The van der Waals surface area contributed by atoms with Crippen molar-refractivity contribution in [2.45, 2.75) is 12.8 Å². The van der Waals surface area contributed by atoms with Gasteiger partial charge in [-0.1, -0.05) is 17.7 Å².